The van der Waals surface area contributed by atoms with Gasteiger partial charge >= 0.3 is 0 Å². The minimum absolute atomic E-state index is 0.291. The van der Waals surface area contributed by atoms with E-state index in [2.05, 4.69) is 32.0 Å². The zero-order valence-corrected chi connectivity index (χ0v) is 9.59. The van der Waals surface area contributed by atoms with Gasteiger partial charge in [0.1, 0.15) is 0 Å². The second-order valence-electron chi connectivity index (χ2n) is 5.77. The van der Waals surface area contributed by atoms with Crippen molar-refractivity contribution >= 4 is 0 Å². The van der Waals surface area contributed by atoms with Crippen molar-refractivity contribution in [3.8, 4) is 0 Å². The maximum absolute atomic E-state index is 6.20. The Morgan fingerprint density at radius 1 is 1.33 bits per heavy atom. The number of hydrogen-bond acceptors (Lipinski definition) is 1. The van der Waals surface area contributed by atoms with Crippen LogP contribution in [0.2, 0.25) is 0 Å². The summed E-state index contributed by atoms with van der Waals surface area (Å²) in [4.78, 5) is 0. The first-order valence-electron chi connectivity index (χ1n) is 5.98. The van der Waals surface area contributed by atoms with Crippen LogP contribution in [0.1, 0.15) is 61.8 Å². The third-order valence-electron chi connectivity index (χ3n) is 4.33. The summed E-state index contributed by atoms with van der Waals surface area (Å²) in [6.07, 6.45) is 3.80. The molecular weight excluding hydrogens is 182 g/mol. The number of nitrogens with two attached hydrogens (primary N) is 1. The average Bonchev–Trinajstić information content (AvgIpc) is 2.52. The summed E-state index contributed by atoms with van der Waals surface area (Å²) in [6.45, 7) is 4.73. The summed E-state index contributed by atoms with van der Waals surface area (Å²) in [7, 11) is 0. The maximum Gasteiger partial charge on any atom is 0.0303 e. The normalized spacial score (nSPS) is 31.4. The molecule has 0 heterocycles. The molecule has 1 heteroatoms. The first-order chi connectivity index (χ1) is 7.09. The van der Waals surface area contributed by atoms with Gasteiger partial charge in [-0.05, 0) is 47.3 Å². The lowest BCUT2D eigenvalue weighted by atomic mass is 9.69. The highest BCUT2D eigenvalue weighted by atomic mass is 14.7. The van der Waals surface area contributed by atoms with Crippen LogP contribution < -0.4 is 5.73 Å². The SMILES string of the molecule is CC1(C)CC[C@@H]2C[C@@H](N)c3cccc1c32. The second kappa shape index (κ2) is 2.85. The van der Waals surface area contributed by atoms with Crippen molar-refractivity contribution in [3.63, 3.8) is 0 Å². The van der Waals surface area contributed by atoms with Gasteiger partial charge in [-0.2, -0.15) is 0 Å². The quantitative estimate of drug-likeness (QED) is 0.685. The summed E-state index contributed by atoms with van der Waals surface area (Å²) in [5.74, 6) is 0.749. The van der Waals surface area contributed by atoms with Gasteiger partial charge in [0, 0.05) is 6.04 Å². The van der Waals surface area contributed by atoms with Crippen molar-refractivity contribution in [3.05, 3.63) is 34.9 Å². The minimum atomic E-state index is 0.291. The smallest absolute Gasteiger partial charge is 0.0303 e. The molecule has 80 valence electrons. The molecule has 1 nitrogen and oxygen atoms in total. The van der Waals surface area contributed by atoms with E-state index in [4.69, 9.17) is 5.73 Å². The summed E-state index contributed by atoms with van der Waals surface area (Å²) in [5, 5.41) is 0. The van der Waals surface area contributed by atoms with Gasteiger partial charge in [0.25, 0.3) is 0 Å². The molecule has 2 N–H and O–H groups in total. The molecule has 15 heavy (non-hydrogen) atoms. The summed E-state index contributed by atoms with van der Waals surface area (Å²) in [5.41, 5.74) is 11.1. The van der Waals surface area contributed by atoms with E-state index in [1.807, 2.05) is 0 Å². The van der Waals surface area contributed by atoms with Crippen LogP contribution in [0.4, 0.5) is 0 Å². The Morgan fingerprint density at radius 3 is 2.93 bits per heavy atom. The van der Waals surface area contributed by atoms with Crippen LogP contribution in [0.5, 0.6) is 0 Å². The molecule has 1 aromatic carbocycles. The van der Waals surface area contributed by atoms with Crippen LogP contribution in [-0.4, -0.2) is 0 Å². The van der Waals surface area contributed by atoms with E-state index in [-0.39, 0.29) is 0 Å². The standard InChI is InChI=1S/C14H19N/c1-14(2)7-6-9-8-12(15)10-4-3-5-11(14)13(9)10/h3-5,9,12H,6-8,15H2,1-2H3/t9-,12-/m1/s1. The predicted octanol–water partition coefficient (Wildman–Crippen LogP) is 3.25. The zero-order chi connectivity index (χ0) is 10.6. The van der Waals surface area contributed by atoms with Crippen molar-refractivity contribution in [1.82, 2.24) is 0 Å². The highest BCUT2D eigenvalue weighted by Crippen LogP contribution is 2.51. The van der Waals surface area contributed by atoms with E-state index in [9.17, 15) is 0 Å². The summed E-state index contributed by atoms with van der Waals surface area (Å²) in [6, 6.07) is 7.01. The van der Waals surface area contributed by atoms with Crippen LogP contribution in [0.25, 0.3) is 0 Å². The van der Waals surface area contributed by atoms with E-state index in [1.165, 1.54) is 24.8 Å². The van der Waals surface area contributed by atoms with Crippen LogP contribution in [0, 0.1) is 0 Å². The molecule has 0 bridgehead atoms. The molecule has 0 amide bonds. The van der Waals surface area contributed by atoms with Crippen molar-refractivity contribution in [2.24, 2.45) is 5.73 Å². The Kier molecular flexibility index (Phi) is 1.79. The molecule has 0 saturated heterocycles. The largest absolute Gasteiger partial charge is 0.324 e. The zero-order valence-electron chi connectivity index (χ0n) is 9.59. The van der Waals surface area contributed by atoms with Crippen LogP contribution >= 0.6 is 0 Å². The minimum Gasteiger partial charge on any atom is -0.324 e. The molecule has 2 aliphatic rings. The first-order valence-corrected chi connectivity index (χ1v) is 5.98. The topological polar surface area (TPSA) is 26.0 Å². The van der Waals surface area contributed by atoms with Crippen molar-refractivity contribution in [2.75, 3.05) is 0 Å². The van der Waals surface area contributed by atoms with E-state index >= 15 is 0 Å². The Hall–Kier alpha value is -0.820. The molecule has 0 aromatic heterocycles. The Balaban J connectivity index is 2.25. The van der Waals surface area contributed by atoms with Crippen molar-refractivity contribution in [1.29, 1.82) is 0 Å². The average molecular weight is 201 g/mol. The van der Waals surface area contributed by atoms with Crippen LogP contribution in [0.15, 0.2) is 18.2 Å². The fourth-order valence-corrected chi connectivity index (χ4v) is 3.44. The number of hydrogen-bond donors (Lipinski definition) is 1. The lowest BCUT2D eigenvalue weighted by Crippen LogP contribution is -2.25. The van der Waals surface area contributed by atoms with Crippen molar-refractivity contribution in [2.45, 2.75) is 50.5 Å². The summed E-state index contributed by atoms with van der Waals surface area (Å²) < 4.78 is 0. The van der Waals surface area contributed by atoms with Gasteiger partial charge in [-0.1, -0.05) is 32.0 Å². The van der Waals surface area contributed by atoms with Gasteiger partial charge in [-0.15, -0.1) is 0 Å². The predicted molar refractivity (Wildman–Crippen MR) is 63.0 cm³/mol. The highest BCUT2D eigenvalue weighted by molar-refractivity contribution is 5.48. The third kappa shape index (κ3) is 1.19. The monoisotopic (exact) mass is 201 g/mol. The number of benzene rings is 1. The molecule has 2 aliphatic carbocycles. The van der Waals surface area contributed by atoms with E-state index in [0.29, 0.717) is 11.5 Å². The van der Waals surface area contributed by atoms with Crippen LogP contribution in [-0.2, 0) is 5.41 Å². The van der Waals surface area contributed by atoms with Gasteiger partial charge in [0.2, 0.25) is 0 Å². The fraction of sp³-hybridized carbons (Fsp3) is 0.571. The van der Waals surface area contributed by atoms with E-state index in [0.717, 1.165) is 5.92 Å². The molecule has 3 rings (SSSR count). The molecule has 0 radical (unpaired) electrons. The third-order valence-corrected chi connectivity index (χ3v) is 4.33. The molecule has 0 unspecified atom stereocenters. The summed E-state index contributed by atoms with van der Waals surface area (Å²) >= 11 is 0. The molecule has 2 atom stereocenters. The molecule has 0 spiro atoms. The second-order valence-corrected chi connectivity index (χ2v) is 5.77. The maximum atomic E-state index is 6.20. The van der Waals surface area contributed by atoms with Crippen LogP contribution in [0.3, 0.4) is 0 Å². The Bertz CT molecular complexity index is 406. The highest BCUT2D eigenvalue weighted by Gasteiger charge is 2.39. The molecular formula is C14H19N. The number of rotatable bonds is 0. The molecule has 0 saturated carbocycles. The lowest BCUT2D eigenvalue weighted by molar-refractivity contribution is 0.389. The van der Waals surface area contributed by atoms with Gasteiger partial charge < -0.3 is 5.73 Å². The van der Waals surface area contributed by atoms with Gasteiger partial charge in [0.15, 0.2) is 0 Å². The Morgan fingerprint density at radius 2 is 2.13 bits per heavy atom. The van der Waals surface area contributed by atoms with Gasteiger partial charge in [-0.25, -0.2) is 0 Å². The first kappa shape index (κ1) is 9.41. The van der Waals surface area contributed by atoms with Crippen molar-refractivity contribution < 1.29 is 0 Å². The lowest BCUT2D eigenvalue weighted by Gasteiger charge is -2.35. The van der Waals surface area contributed by atoms with Gasteiger partial charge in [0.05, 0.1) is 0 Å². The van der Waals surface area contributed by atoms with Gasteiger partial charge in [-0.3, -0.25) is 0 Å². The molecule has 0 fully saturated rings. The van der Waals surface area contributed by atoms with E-state index in [1.54, 1.807) is 11.1 Å². The Labute approximate surface area is 91.7 Å². The fourth-order valence-electron chi connectivity index (χ4n) is 3.44. The van der Waals surface area contributed by atoms with E-state index < -0.39 is 0 Å². The molecule has 1 aromatic rings. The molecule has 0 aliphatic heterocycles.